The van der Waals surface area contributed by atoms with Crippen LogP contribution in [0.3, 0.4) is 0 Å². The van der Waals surface area contributed by atoms with Gasteiger partial charge in [0.2, 0.25) is 11.8 Å². The van der Waals surface area contributed by atoms with E-state index in [4.69, 9.17) is 27.9 Å². The molecular weight excluding hydrogens is 382 g/mol. The van der Waals surface area contributed by atoms with E-state index >= 15 is 0 Å². The summed E-state index contributed by atoms with van der Waals surface area (Å²) in [7, 11) is 1.45. The Labute approximate surface area is 160 Å². The predicted molar refractivity (Wildman–Crippen MR) is 100 cm³/mol. The molecule has 138 valence electrons. The summed E-state index contributed by atoms with van der Waals surface area (Å²) in [6.07, 6.45) is 0. The molecule has 0 unspecified atom stereocenters. The van der Waals surface area contributed by atoms with Crippen molar-refractivity contribution in [2.24, 2.45) is 5.41 Å². The highest BCUT2D eigenvalue weighted by Crippen LogP contribution is 2.30. The Hall–Kier alpha value is -2.31. The van der Waals surface area contributed by atoms with Gasteiger partial charge in [0.1, 0.15) is 17.0 Å². The third kappa shape index (κ3) is 4.45. The van der Waals surface area contributed by atoms with E-state index in [1.165, 1.54) is 39.2 Å². The Balaban J connectivity index is 2.17. The van der Waals surface area contributed by atoms with Gasteiger partial charge < -0.3 is 15.4 Å². The zero-order valence-electron chi connectivity index (χ0n) is 14.3. The lowest BCUT2D eigenvalue weighted by molar-refractivity contribution is -0.135. The minimum atomic E-state index is -1.44. The second kappa shape index (κ2) is 7.93. The monoisotopic (exact) mass is 398 g/mol. The number of benzene rings is 2. The Morgan fingerprint density at radius 1 is 1.04 bits per heavy atom. The van der Waals surface area contributed by atoms with Crippen molar-refractivity contribution >= 4 is 46.4 Å². The first-order valence-electron chi connectivity index (χ1n) is 7.56. The number of amides is 2. The molecule has 0 aliphatic carbocycles. The van der Waals surface area contributed by atoms with Crippen LogP contribution >= 0.6 is 23.2 Å². The van der Waals surface area contributed by atoms with E-state index in [9.17, 15) is 14.0 Å². The SMILES string of the molecule is COc1ccc(Cl)cc1NC(=O)C(C)(C)C(=O)Nc1ccc(F)c(Cl)c1. The standard InChI is InChI=1S/C18H17Cl2FN2O3/c1-18(2,16(24)22-11-5-6-13(21)12(20)9-11)17(25)23-14-8-10(19)4-7-15(14)26-3/h4-9H,1-3H3,(H,22,24)(H,23,25). The summed E-state index contributed by atoms with van der Waals surface area (Å²) in [4.78, 5) is 25.1. The molecular formula is C18H17Cl2FN2O3. The van der Waals surface area contributed by atoms with Crippen molar-refractivity contribution in [1.29, 1.82) is 0 Å². The van der Waals surface area contributed by atoms with E-state index in [-0.39, 0.29) is 10.7 Å². The smallest absolute Gasteiger partial charge is 0.239 e. The van der Waals surface area contributed by atoms with Crippen molar-refractivity contribution in [3.05, 3.63) is 52.3 Å². The number of methoxy groups -OCH3 is 1. The molecule has 5 nitrogen and oxygen atoms in total. The molecule has 2 aromatic carbocycles. The van der Waals surface area contributed by atoms with Crippen molar-refractivity contribution in [3.63, 3.8) is 0 Å². The van der Waals surface area contributed by atoms with Crippen molar-refractivity contribution in [1.82, 2.24) is 0 Å². The van der Waals surface area contributed by atoms with Gasteiger partial charge in [-0.25, -0.2) is 4.39 Å². The van der Waals surface area contributed by atoms with Crippen LogP contribution in [0.5, 0.6) is 5.75 Å². The van der Waals surface area contributed by atoms with E-state index in [2.05, 4.69) is 10.6 Å². The Bertz CT molecular complexity index is 856. The highest BCUT2D eigenvalue weighted by Gasteiger charge is 2.36. The van der Waals surface area contributed by atoms with Gasteiger partial charge in [-0.3, -0.25) is 9.59 Å². The van der Waals surface area contributed by atoms with Crippen LogP contribution in [0.2, 0.25) is 10.0 Å². The molecule has 0 aromatic heterocycles. The topological polar surface area (TPSA) is 67.4 Å². The molecule has 8 heteroatoms. The average molecular weight is 399 g/mol. The van der Waals surface area contributed by atoms with Crippen molar-refractivity contribution in [2.75, 3.05) is 17.7 Å². The minimum Gasteiger partial charge on any atom is -0.495 e. The van der Waals surface area contributed by atoms with Gasteiger partial charge in [0.05, 0.1) is 17.8 Å². The number of anilines is 2. The highest BCUT2D eigenvalue weighted by atomic mass is 35.5. The number of carbonyl (C=O) groups excluding carboxylic acids is 2. The summed E-state index contributed by atoms with van der Waals surface area (Å²) in [5.74, 6) is -1.35. The molecule has 0 saturated heterocycles. The normalized spacial score (nSPS) is 11.0. The van der Waals surface area contributed by atoms with E-state index in [1.54, 1.807) is 12.1 Å². The number of rotatable bonds is 5. The number of ether oxygens (including phenoxy) is 1. The van der Waals surface area contributed by atoms with Crippen LogP contribution in [-0.2, 0) is 9.59 Å². The molecule has 26 heavy (non-hydrogen) atoms. The van der Waals surface area contributed by atoms with Gasteiger partial charge in [-0.2, -0.15) is 0 Å². The van der Waals surface area contributed by atoms with Gasteiger partial charge in [0, 0.05) is 10.7 Å². The van der Waals surface area contributed by atoms with E-state index < -0.39 is 23.0 Å². The molecule has 0 fully saturated rings. The molecule has 2 amide bonds. The fraction of sp³-hybridized carbons (Fsp3) is 0.222. The Morgan fingerprint density at radius 2 is 1.69 bits per heavy atom. The van der Waals surface area contributed by atoms with E-state index in [0.717, 1.165) is 6.07 Å². The molecule has 0 radical (unpaired) electrons. The van der Waals surface area contributed by atoms with Crippen LogP contribution < -0.4 is 15.4 Å². The van der Waals surface area contributed by atoms with Gasteiger partial charge >= 0.3 is 0 Å². The van der Waals surface area contributed by atoms with E-state index in [0.29, 0.717) is 16.5 Å². The molecule has 2 N–H and O–H groups in total. The number of hydrogen-bond acceptors (Lipinski definition) is 3. The van der Waals surface area contributed by atoms with Crippen molar-refractivity contribution in [3.8, 4) is 5.75 Å². The molecule has 2 aromatic rings. The molecule has 0 atom stereocenters. The van der Waals surface area contributed by atoms with Crippen LogP contribution in [-0.4, -0.2) is 18.9 Å². The molecule has 0 heterocycles. The second-order valence-electron chi connectivity index (χ2n) is 6.01. The summed E-state index contributed by atoms with van der Waals surface area (Å²) >= 11 is 11.6. The lowest BCUT2D eigenvalue weighted by atomic mass is 9.90. The van der Waals surface area contributed by atoms with Gasteiger partial charge in [-0.05, 0) is 50.2 Å². The molecule has 0 spiro atoms. The molecule has 2 rings (SSSR count). The number of nitrogens with one attached hydrogen (secondary N) is 2. The van der Waals surface area contributed by atoms with Crippen LogP contribution in [0.15, 0.2) is 36.4 Å². The Kier molecular flexibility index (Phi) is 6.10. The molecule has 0 bridgehead atoms. The first-order valence-corrected chi connectivity index (χ1v) is 8.32. The summed E-state index contributed by atoms with van der Waals surface area (Å²) in [6, 6.07) is 8.49. The Morgan fingerprint density at radius 3 is 2.31 bits per heavy atom. The summed E-state index contributed by atoms with van der Waals surface area (Å²) in [5.41, 5.74) is -0.813. The first kappa shape index (κ1) is 20.0. The van der Waals surface area contributed by atoms with Gasteiger partial charge in [-0.15, -0.1) is 0 Å². The predicted octanol–water partition coefficient (Wildman–Crippen LogP) is 4.74. The third-order valence-corrected chi connectivity index (χ3v) is 4.25. The third-order valence-electron chi connectivity index (χ3n) is 3.72. The van der Waals surface area contributed by atoms with Crippen molar-refractivity contribution < 1.29 is 18.7 Å². The maximum atomic E-state index is 13.2. The van der Waals surface area contributed by atoms with Crippen LogP contribution in [0.25, 0.3) is 0 Å². The lowest BCUT2D eigenvalue weighted by Crippen LogP contribution is -2.41. The average Bonchev–Trinajstić information content (AvgIpc) is 2.58. The summed E-state index contributed by atoms with van der Waals surface area (Å²) < 4.78 is 18.4. The maximum absolute atomic E-state index is 13.2. The van der Waals surface area contributed by atoms with Crippen LogP contribution in [0.1, 0.15) is 13.8 Å². The number of hydrogen-bond donors (Lipinski definition) is 2. The fourth-order valence-electron chi connectivity index (χ4n) is 2.02. The maximum Gasteiger partial charge on any atom is 0.239 e. The lowest BCUT2D eigenvalue weighted by Gasteiger charge is -2.23. The summed E-state index contributed by atoms with van der Waals surface area (Å²) in [5, 5.41) is 5.46. The summed E-state index contributed by atoms with van der Waals surface area (Å²) in [6.45, 7) is 2.92. The molecule has 0 aliphatic heterocycles. The number of halogens is 3. The zero-order chi connectivity index (χ0) is 19.5. The molecule has 0 saturated carbocycles. The number of carbonyl (C=O) groups is 2. The second-order valence-corrected chi connectivity index (χ2v) is 6.85. The first-order chi connectivity index (χ1) is 12.1. The van der Waals surface area contributed by atoms with E-state index in [1.807, 2.05) is 0 Å². The van der Waals surface area contributed by atoms with Gasteiger partial charge in [-0.1, -0.05) is 23.2 Å². The quantitative estimate of drug-likeness (QED) is 0.714. The van der Waals surface area contributed by atoms with Crippen molar-refractivity contribution in [2.45, 2.75) is 13.8 Å². The fourth-order valence-corrected chi connectivity index (χ4v) is 2.37. The molecule has 0 aliphatic rings. The van der Waals surface area contributed by atoms with Gasteiger partial charge in [0.25, 0.3) is 0 Å². The zero-order valence-corrected chi connectivity index (χ0v) is 15.8. The largest absolute Gasteiger partial charge is 0.495 e. The van der Waals surface area contributed by atoms with Crippen LogP contribution in [0.4, 0.5) is 15.8 Å². The van der Waals surface area contributed by atoms with Crippen LogP contribution in [0, 0.1) is 11.2 Å². The highest BCUT2D eigenvalue weighted by molar-refractivity contribution is 6.31. The van der Waals surface area contributed by atoms with Gasteiger partial charge in [0.15, 0.2) is 0 Å². The minimum absolute atomic E-state index is 0.131.